The minimum absolute atomic E-state index is 0.0418. The third-order valence-electron chi connectivity index (χ3n) is 5.21. The molecule has 32 heavy (non-hydrogen) atoms. The van der Waals surface area contributed by atoms with Gasteiger partial charge in [0.05, 0.1) is 11.7 Å². The molecule has 1 aromatic heterocycles. The lowest BCUT2D eigenvalue weighted by Crippen LogP contribution is -2.15. The predicted molar refractivity (Wildman–Crippen MR) is 121 cm³/mol. The second kappa shape index (κ2) is 10.3. The van der Waals surface area contributed by atoms with E-state index in [0.717, 1.165) is 23.4 Å². The van der Waals surface area contributed by atoms with Crippen LogP contribution >= 0.6 is 0 Å². The van der Waals surface area contributed by atoms with E-state index in [1.54, 1.807) is 36.4 Å². The number of Topliss-reactive ketones (excluding diaryl/α,β-unsaturated/α-hetero) is 1. The van der Waals surface area contributed by atoms with Crippen molar-refractivity contribution in [3.63, 3.8) is 0 Å². The maximum Gasteiger partial charge on any atom is 0.338 e. The fourth-order valence-electron chi connectivity index (χ4n) is 3.55. The molecule has 0 aliphatic rings. The van der Waals surface area contributed by atoms with Crippen LogP contribution in [0.25, 0.3) is 0 Å². The molecule has 0 saturated heterocycles. The highest BCUT2D eigenvalue weighted by Gasteiger charge is 2.18. The zero-order valence-corrected chi connectivity index (χ0v) is 18.9. The number of hydrogen-bond donors (Lipinski definition) is 0. The molecule has 3 rings (SSSR count). The third-order valence-corrected chi connectivity index (χ3v) is 5.21. The topological polar surface area (TPSA) is 57.5 Å². The quantitative estimate of drug-likeness (QED) is 0.336. The molecular formula is C26H28FNO4. The van der Waals surface area contributed by atoms with Gasteiger partial charge in [-0.15, -0.1) is 0 Å². The summed E-state index contributed by atoms with van der Waals surface area (Å²) < 4.78 is 25.9. The van der Waals surface area contributed by atoms with Gasteiger partial charge in [-0.3, -0.25) is 4.79 Å². The van der Waals surface area contributed by atoms with Gasteiger partial charge in [-0.1, -0.05) is 12.1 Å². The summed E-state index contributed by atoms with van der Waals surface area (Å²) in [7, 11) is 0. The number of hydrogen-bond acceptors (Lipinski definition) is 4. The van der Waals surface area contributed by atoms with Crippen LogP contribution in [0.5, 0.6) is 5.75 Å². The van der Waals surface area contributed by atoms with E-state index in [2.05, 4.69) is 0 Å². The fraction of sp³-hybridized carbons (Fsp3) is 0.308. The standard InChI is InChI=1S/C26H28FNO4/c1-17(2)32-23-11-7-21(8-12-23)26(30)31-16-25(29)24-15-18(3)28(19(24)4)14-13-20-5-9-22(27)10-6-20/h5-12,15,17H,13-14,16H2,1-4H3. The Bertz CT molecular complexity index is 1080. The van der Waals surface area contributed by atoms with Gasteiger partial charge in [0.25, 0.3) is 0 Å². The van der Waals surface area contributed by atoms with E-state index in [1.807, 2.05) is 38.3 Å². The lowest BCUT2D eigenvalue weighted by atomic mass is 10.1. The Kier molecular flexibility index (Phi) is 7.46. The van der Waals surface area contributed by atoms with Crippen molar-refractivity contribution in [1.82, 2.24) is 4.57 Å². The van der Waals surface area contributed by atoms with Crippen LogP contribution in [0.1, 0.15) is 51.5 Å². The summed E-state index contributed by atoms with van der Waals surface area (Å²) >= 11 is 0. The molecule has 0 saturated carbocycles. The molecule has 168 valence electrons. The number of aryl methyl sites for hydroxylation is 2. The molecule has 0 spiro atoms. The number of rotatable bonds is 9. The van der Waals surface area contributed by atoms with E-state index >= 15 is 0 Å². The number of ether oxygens (including phenoxy) is 2. The predicted octanol–water partition coefficient (Wildman–Crippen LogP) is 5.31. The van der Waals surface area contributed by atoms with Gasteiger partial charge in [-0.25, -0.2) is 9.18 Å². The van der Waals surface area contributed by atoms with Gasteiger partial charge < -0.3 is 14.0 Å². The average Bonchev–Trinajstić information content (AvgIpc) is 3.05. The molecule has 0 N–H and O–H groups in total. The molecule has 0 amide bonds. The Morgan fingerprint density at radius 1 is 1.00 bits per heavy atom. The van der Waals surface area contributed by atoms with Crippen LogP contribution in [0.3, 0.4) is 0 Å². The number of carbonyl (C=O) groups is 2. The summed E-state index contributed by atoms with van der Waals surface area (Å²) in [6, 6.07) is 14.9. The fourth-order valence-corrected chi connectivity index (χ4v) is 3.55. The van der Waals surface area contributed by atoms with Crippen molar-refractivity contribution in [1.29, 1.82) is 0 Å². The van der Waals surface area contributed by atoms with Crippen LogP contribution in [0.2, 0.25) is 0 Å². The first-order valence-corrected chi connectivity index (χ1v) is 10.6. The zero-order chi connectivity index (χ0) is 23.3. The van der Waals surface area contributed by atoms with Gasteiger partial charge in [0.2, 0.25) is 5.78 Å². The van der Waals surface area contributed by atoms with Gasteiger partial charge in [-0.05, 0) is 82.1 Å². The molecule has 2 aromatic carbocycles. The maximum atomic E-state index is 13.1. The van der Waals surface area contributed by atoms with Gasteiger partial charge in [0.15, 0.2) is 6.61 Å². The molecule has 0 atom stereocenters. The lowest BCUT2D eigenvalue weighted by Gasteiger charge is -2.11. The van der Waals surface area contributed by atoms with Crippen molar-refractivity contribution in [3.8, 4) is 5.75 Å². The Balaban J connectivity index is 1.59. The Hall–Kier alpha value is -3.41. The summed E-state index contributed by atoms with van der Waals surface area (Å²) in [6.07, 6.45) is 0.760. The number of ketones is 1. The number of nitrogens with zero attached hydrogens (tertiary/aromatic N) is 1. The summed E-state index contributed by atoms with van der Waals surface area (Å²) in [5.41, 5.74) is 3.68. The Labute approximate surface area is 187 Å². The van der Waals surface area contributed by atoms with Crippen LogP contribution in [-0.4, -0.2) is 29.0 Å². The highest BCUT2D eigenvalue weighted by atomic mass is 19.1. The number of esters is 1. The molecule has 0 fully saturated rings. The Morgan fingerprint density at radius 3 is 2.28 bits per heavy atom. The molecule has 6 heteroatoms. The van der Waals surface area contributed by atoms with E-state index < -0.39 is 5.97 Å². The first-order valence-electron chi connectivity index (χ1n) is 10.6. The maximum absolute atomic E-state index is 13.1. The van der Waals surface area contributed by atoms with Gasteiger partial charge in [0.1, 0.15) is 11.6 Å². The molecule has 3 aromatic rings. The number of aromatic nitrogens is 1. The third kappa shape index (κ3) is 5.84. The second-order valence-corrected chi connectivity index (χ2v) is 8.00. The van der Waals surface area contributed by atoms with Crippen LogP contribution in [-0.2, 0) is 17.7 Å². The zero-order valence-electron chi connectivity index (χ0n) is 18.9. The average molecular weight is 438 g/mol. The van der Waals surface area contributed by atoms with Crippen molar-refractivity contribution in [2.75, 3.05) is 6.61 Å². The van der Waals surface area contributed by atoms with E-state index in [9.17, 15) is 14.0 Å². The summed E-state index contributed by atoms with van der Waals surface area (Å²) in [6.45, 7) is 8.00. The van der Waals surface area contributed by atoms with Gasteiger partial charge >= 0.3 is 5.97 Å². The molecule has 0 aliphatic carbocycles. The first-order chi connectivity index (χ1) is 15.2. The SMILES string of the molecule is Cc1cc(C(=O)COC(=O)c2ccc(OC(C)C)cc2)c(C)n1CCc1ccc(F)cc1. The first kappa shape index (κ1) is 23.3. The van der Waals surface area contributed by atoms with Crippen LogP contribution in [0.4, 0.5) is 4.39 Å². The smallest absolute Gasteiger partial charge is 0.338 e. The van der Waals surface area contributed by atoms with E-state index in [1.165, 1.54) is 12.1 Å². The van der Waals surface area contributed by atoms with Crippen molar-refractivity contribution < 1.29 is 23.5 Å². The van der Waals surface area contributed by atoms with Crippen molar-refractivity contribution in [2.24, 2.45) is 0 Å². The molecule has 0 unspecified atom stereocenters. The molecule has 0 radical (unpaired) electrons. The summed E-state index contributed by atoms with van der Waals surface area (Å²) in [4.78, 5) is 25.0. The molecular weight excluding hydrogens is 409 g/mol. The van der Waals surface area contributed by atoms with Crippen LogP contribution in [0.15, 0.2) is 54.6 Å². The van der Waals surface area contributed by atoms with E-state index in [4.69, 9.17) is 9.47 Å². The molecule has 0 bridgehead atoms. The number of benzene rings is 2. The van der Waals surface area contributed by atoms with Crippen molar-refractivity contribution in [2.45, 2.75) is 46.8 Å². The second-order valence-electron chi connectivity index (χ2n) is 8.00. The lowest BCUT2D eigenvalue weighted by molar-refractivity contribution is 0.0474. The largest absolute Gasteiger partial charge is 0.491 e. The van der Waals surface area contributed by atoms with Crippen LogP contribution < -0.4 is 4.74 Å². The van der Waals surface area contributed by atoms with E-state index in [0.29, 0.717) is 23.4 Å². The Morgan fingerprint density at radius 2 is 1.66 bits per heavy atom. The summed E-state index contributed by atoms with van der Waals surface area (Å²) in [5, 5.41) is 0. The van der Waals surface area contributed by atoms with Crippen molar-refractivity contribution in [3.05, 3.63) is 88.5 Å². The van der Waals surface area contributed by atoms with Gasteiger partial charge in [0, 0.05) is 23.5 Å². The normalized spacial score (nSPS) is 10.9. The van der Waals surface area contributed by atoms with Crippen LogP contribution in [0, 0.1) is 19.7 Å². The highest BCUT2D eigenvalue weighted by molar-refractivity contribution is 6.00. The monoisotopic (exact) mass is 437 g/mol. The number of halogens is 1. The molecule has 0 aliphatic heterocycles. The molecule has 1 heterocycles. The number of carbonyl (C=O) groups excluding carboxylic acids is 2. The summed E-state index contributed by atoms with van der Waals surface area (Å²) in [5.74, 6) is -0.399. The minimum atomic E-state index is -0.556. The van der Waals surface area contributed by atoms with Crippen molar-refractivity contribution >= 4 is 11.8 Å². The minimum Gasteiger partial charge on any atom is -0.491 e. The highest BCUT2D eigenvalue weighted by Crippen LogP contribution is 2.18. The van der Waals surface area contributed by atoms with E-state index in [-0.39, 0.29) is 24.3 Å². The molecule has 5 nitrogen and oxygen atoms in total. The van der Waals surface area contributed by atoms with Gasteiger partial charge in [-0.2, -0.15) is 0 Å².